The lowest BCUT2D eigenvalue weighted by Crippen LogP contribution is -2.28. The van der Waals surface area contributed by atoms with Crippen molar-refractivity contribution in [2.45, 2.75) is 39.3 Å². The van der Waals surface area contributed by atoms with Gasteiger partial charge in [-0.25, -0.2) is 13.1 Å². The third kappa shape index (κ3) is 2.19. The van der Waals surface area contributed by atoms with E-state index in [0.29, 0.717) is 18.0 Å². The summed E-state index contributed by atoms with van der Waals surface area (Å²) in [6.45, 7) is 9.22. The summed E-state index contributed by atoms with van der Waals surface area (Å²) in [5, 5.41) is 6.31. The standard InChI is InChI=1S/C12H22N4O2S/c1-11(2)9(12(11,3)4)7-15-19(17,18)10-8(5-13)6-14-16-10/h6,9,15H,5,7,13H2,1-4H3,(H,14,16). The van der Waals surface area contributed by atoms with E-state index in [2.05, 4.69) is 42.6 Å². The minimum atomic E-state index is -3.56. The van der Waals surface area contributed by atoms with E-state index in [0.717, 1.165) is 0 Å². The minimum Gasteiger partial charge on any atom is -0.326 e. The smallest absolute Gasteiger partial charge is 0.257 e. The molecule has 0 saturated heterocycles. The Morgan fingerprint density at radius 1 is 1.37 bits per heavy atom. The number of hydrogen-bond acceptors (Lipinski definition) is 4. The number of aromatic amines is 1. The summed E-state index contributed by atoms with van der Waals surface area (Å²) in [6, 6.07) is 0. The lowest BCUT2D eigenvalue weighted by atomic mass is 10.0. The molecule has 4 N–H and O–H groups in total. The second-order valence-electron chi connectivity index (χ2n) is 6.28. The van der Waals surface area contributed by atoms with Gasteiger partial charge in [0.25, 0.3) is 10.0 Å². The maximum absolute atomic E-state index is 12.2. The highest BCUT2D eigenvalue weighted by Crippen LogP contribution is 2.67. The van der Waals surface area contributed by atoms with Crippen LogP contribution in [0.5, 0.6) is 0 Å². The van der Waals surface area contributed by atoms with Gasteiger partial charge in [-0.1, -0.05) is 27.7 Å². The van der Waals surface area contributed by atoms with Crippen LogP contribution in [0.4, 0.5) is 0 Å². The Labute approximate surface area is 114 Å². The second kappa shape index (κ2) is 4.29. The van der Waals surface area contributed by atoms with Crippen LogP contribution < -0.4 is 10.5 Å². The fourth-order valence-corrected chi connectivity index (χ4v) is 3.97. The quantitative estimate of drug-likeness (QED) is 0.746. The number of rotatable bonds is 5. The van der Waals surface area contributed by atoms with Crippen LogP contribution in [0.25, 0.3) is 0 Å². The molecule has 0 spiro atoms. The van der Waals surface area contributed by atoms with Gasteiger partial charge in [-0.3, -0.25) is 5.10 Å². The molecule has 19 heavy (non-hydrogen) atoms. The topological polar surface area (TPSA) is 101 Å². The number of nitrogens with two attached hydrogens (primary N) is 1. The van der Waals surface area contributed by atoms with Crippen molar-refractivity contribution in [3.8, 4) is 0 Å². The minimum absolute atomic E-state index is 0.0752. The Hall–Kier alpha value is -0.920. The SMILES string of the molecule is CC1(C)C(CNS(=O)(=O)c2[nH]ncc2CN)C1(C)C. The molecule has 0 amide bonds. The average Bonchev–Trinajstić information content (AvgIpc) is 2.71. The van der Waals surface area contributed by atoms with E-state index in [9.17, 15) is 8.42 Å². The fourth-order valence-electron chi connectivity index (χ4n) is 2.79. The zero-order chi connectivity index (χ0) is 14.5. The summed E-state index contributed by atoms with van der Waals surface area (Å²) in [4.78, 5) is 0. The van der Waals surface area contributed by atoms with Gasteiger partial charge in [0, 0.05) is 18.7 Å². The third-order valence-corrected chi connectivity index (χ3v) is 6.40. The van der Waals surface area contributed by atoms with Gasteiger partial charge in [-0.15, -0.1) is 0 Å². The molecule has 1 aliphatic rings. The molecule has 0 radical (unpaired) electrons. The Kier molecular flexibility index (Phi) is 3.27. The molecule has 0 aliphatic heterocycles. The molecular weight excluding hydrogens is 264 g/mol. The highest BCUT2D eigenvalue weighted by Gasteiger charge is 2.64. The molecule has 0 unspecified atom stereocenters. The van der Waals surface area contributed by atoms with Gasteiger partial charge in [-0.2, -0.15) is 5.10 Å². The van der Waals surface area contributed by atoms with Crippen molar-refractivity contribution in [2.24, 2.45) is 22.5 Å². The Morgan fingerprint density at radius 2 is 1.95 bits per heavy atom. The molecule has 1 aliphatic carbocycles. The number of aromatic nitrogens is 2. The van der Waals surface area contributed by atoms with E-state index in [-0.39, 0.29) is 22.4 Å². The van der Waals surface area contributed by atoms with Crippen LogP contribution in [-0.2, 0) is 16.6 Å². The fraction of sp³-hybridized carbons (Fsp3) is 0.750. The summed E-state index contributed by atoms with van der Waals surface area (Å²) in [5.41, 5.74) is 6.30. The maximum atomic E-state index is 12.2. The van der Waals surface area contributed by atoms with Crippen molar-refractivity contribution >= 4 is 10.0 Å². The van der Waals surface area contributed by atoms with E-state index >= 15 is 0 Å². The van der Waals surface area contributed by atoms with Crippen LogP contribution in [0.1, 0.15) is 33.3 Å². The molecule has 2 rings (SSSR count). The lowest BCUT2D eigenvalue weighted by molar-refractivity contribution is 0.457. The van der Waals surface area contributed by atoms with Gasteiger partial charge in [0.2, 0.25) is 0 Å². The number of nitrogens with one attached hydrogen (secondary N) is 2. The first-order chi connectivity index (χ1) is 8.64. The third-order valence-electron chi connectivity index (χ3n) is 4.96. The summed E-state index contributed by atoms with van der Waals surface area (Å²) < 4.78 is 27.0. The second-order valence-corrected chi connectivity index (χ2v) is 7.98. The molecule has 1 fully saturated rings. The van der Waals surface area contributed by atoms with Crippen molar-refractivity contribution in [3.63, 3.8) is 0 Å². The summed E-state index contributed by atoms with van der Waals surface area (Å²) in [7, 11) is -3.56. The Bertz CT molecular complexity index is 560. The van der Waals surface area contributed by atoms with Gasteiger partial charge in [0.1, 0.15) is 0 Å². The van der Waals surface area contributed by atoms with Gasteiger partial charge >= 0.3 is 0 Å². The molecule has 1 saturated carbocycles. The molecule has 1 heterocycles. The molecule has 1 aromatic heterocycles. The Morgan fingerprint density at radius 3 is 2.42 bits per heavy atom. The summed E-state index contributed by atoms with van der Waals surface area (Å²) >= 11 is 0. The zero-order valence-electron chi connectivity index (χ0n) is 11.8. The predicted molar refractivity (Wildman–Crippen MR) is 72.7 cm³/mol. The van der Waals surface area contributed by atoms with Crippen molar-refractivity contribution < 1.29 is 8.42 Å². The highest BCUT2D eigenvalue weighted by molar-refractivity contribution is 7.89. The van der Waals surface area contributed by atoms with Crippen LogP contribution in [0.2, 0.25) is 0 Å². The van der Waals surface area contributed by atoms with Crippen molar-refractivity contribution in [1.29, 1.82) is 0 Å². The molecular formula is C12H22N4O2S. The number of sulfonamides is 1. The first-order valence-corrected chi connectivity index (χ1v) is 7.85. The van der Waals surface area contributed by atoms with Crippen LogP contribution in [0.3, 0.4) is 0 Å². The molecule has 0 bridgehead atoms. The van der Waals surface area contributed by atoms with Gasteiger partial charge in [0.15, 0.2) is 5.03 Å². The van der Waals surface area contributed by atoms with Crippen molar-refractivity contribution in [2.75, 3.05) is 6.54 Å². The van der Waals surface area contributed by atoms with Crippen molar-refractivity contribution in [1.82, 2.24) is 14.9 Å². The predicted octanol–water partition coefficient (Wildman–Crippen LogP) is 0.829. The van der Waals surface area contributed by atoms with E-state index in [4.69, 9.17) is 5.73 Å². The normalized spacial score (nSPS) is 21.5. The zero-order valence-corrected chi connectivity index (χ0v) is 12.6. The molecule has 0 atom stereocenters. The monoisotopic (exact) mass is 286 g/mol. The molecule has 1 aromatic rings. The largest absolute Gasteiger partial charge is 0.326 e. The molecule has 7 heteroatoms. The summed E-state index contributed by atoms with van der Waals surface area (Å²) in [6.07, 6.45) is 1.44. The highest BCUT2D eigenvalue weighted by atomic mass is 32.2. The van der Waals surface area contributed by atoms with E-state index in [1.54, 1.807) is 0 Å². The average molecular weight is 286 g/mol. The Balaban J connectivity index is 2.09. The molecule has 108 valence electrons. The van der Waals surface area contributed by atoms with Gasteiger partial charge in [0.05, 0.1) is 6.20 Å². The summed E-state index contributed by atoms with van der Waals surface area (Å²) in [5.74, 6) is 0.332. The van der Waals surface area contributed by atoms with Crippen LogP contribution in [0, 0.1) is 16.7 Å². The van der Waals surface area contributed by atoms with Gasteiger partial charge < -0.3 is 5.73 Å². The number of hydrogen-bond donors (Lipinski definition) is 3. The van der Waals surface area contributed by atoms with Crippen LogP contribution in [-0.4, -0.2) is 25.2 Å². The number of nitrogens with zero attached hydrogens (tertiary/aromatic N) is 1. The van der Waals surface area contributed by atoms with E-state index in [1.807, 2.05) is 0 Å². The first-order valence-electron chi connectivity index (χ1n) is 6.36. The first kappa shape index (κ1) is 14.5. The van der Waals surface area contributed by atoms with Gasteiger partial charge in [-0.05, 0) is 16.7 Å². The van der Waals surface area contributed by atoms with Crippen molar-refractivity contribution in [3.05, 3.63) is 11.8 Å². The lowest BCUT2D eigenvalue weighted by Gasteiger charge is -2.07. The van der Waals surface area contributed by atoms with E-state index in [1.165, 1.54) is 6.20 Å². The van der Waals surface area contributed by atoms with Crippen LogP contribution >= 0.6 is 0 Å². The molecule has 0 aromatic carbocycles. The maximum Gasteiger partial charge on any atom is 0.257 e. The molecule has 6 nitrogen and oxygen atoms in total. The number of H-pyrrole nitrogens is 1. The van der Waals surface area contributed by atoms with E-state index < -0.39 is 10.0 Å². The van der Waals surface area contributed by atoms with Crippen LogP contribution in [0.15, 0.2) is 11.2 Å².